The van der Waals surface area contributed by atoms with Crippen LogP contribution in [0.5, 0.6) is 0 Å². The monoisotopic (exact) mass is 228 g/mol. The number of rotatable bonds is 4. The van der Waals surface area contributed by atoms with Gasteiger partial charge in [-0.15, -0.1) is 11.3 Å². The molecule has 0 amide bonds. The zero-order valence-electron chi connectivity index (χ0n) is 9.03. The Morgan fingerprint density at radius 2 is 2.47 bits per heavy atom. The highest BCUT2D eigenvalue weighted by Gasteiger charge is 2.26. The second-order valence-electron chi connectivity index (χ2n) is 3.65. The van der Waals surface area contributed by atoms with E-state index >= 15 is 0 Å². The van der Waals surface area contributed by atoms with Gasteiger partial charge in [-0.2, -0.15) is 0 Å². The van der Waals surface area contributed by atoms with Crippen LogP contribution in [0.4, 0.5) is 0 Å². The average Bonchev–Trinajstić information content (AvgIpc) is 2.85. The summed E-state index contributed by atoms with van der Waals surface area (Å²) >= 11 is 1.65. The molecule has 4 nitrogen and oxygen atoms in total. The molecule has 1 fully saturated rings. The van der Waals surface area contributed by atoms with Crippen LogP contribution in [0.2, 0.25) is 0 Å². The van der Waals surface area contributed by atoms with Crippen molar-refractivity contribution in [2.75, 3.05) is 20.8 Å². The molecule has 2 heterocycles. The van der Waals surface area contributed by atoms with Crippen molar-refractivity contribution in [1.29, 1.82) is 0 Å². The van der Waals surface area contributed by atoms with Crippen molar-refractivity contribution in [1.82, 2.24) is 10.3 Å². The predicted octanol–water partition coefficient (Wildman–Crippen LogP) is 1.34. The van der Waals surface area contributed by atoms with Gasteiger partial charge in [-0.3, -0.25) is 0 Å². The van der Waals surface area contributed by atoms with E-state index in [1.165, 1.54) is 0 Å². The number of aromatic nitrogens is 1. The molecule has 1 aromatic heterocycles. The van der Waals surface area contributed by atoms with Gasteiger partial charge in [0.25, 0.3) is 0 Å². The topological polar surface area (TPSA) is 43.4 Å². The van der Waals surface area contributed by atoms with E-state index in [-0.39, 0.29) is 0 Å². The van der Waals surface area contributed by atoms with Crippen molar-refractivity contribution in [3.05, 3.63) is 16.1 Å². The molecule has 0 aromatic carbocycles. The number of methoxy groups -OCH3 is 2. The van der Waals surface area contributed by atoms with Crippen LogP contribution < -0.4 is 5.32 Å². The number of hydrogen-bond acceptors (Lipinski definition) is 5. The maximum Gasteiger partial charge on any atom is 0.119 e. The van der Waals surface area contributed by atoms with Gasteiger partial charge in [-0.05, 0) is 6.42 Å². The van der Waals surface area contributed by atoms with Crippen molar-refractivity contribution in [2.45, 2.75) is 25.2 Å². The summed E-state index contributed by atoms with van der Waals surface area (Å²) in [5.74, 6) is 0. The molecular formula is C10H16N2O2S. The highest BCUT2D eigenvalue weighted by molar-refractivity contribution is 7.09. The molecular weight excluding hydrogens is 212 g/mol. The lowest BCUT2D eigenvalue weighted by Gasteiger charge is -2.06. The molecule has 0 bridgehead atoms. The summed E-state index contributed by atoms with van der Waals surface area (Å²) < 4.78 is 10.4. The van der Waals surface area contributed by atoms with Crippen LogP contribution in [0.25, 0.3) is 0 Å². The maximum atomic E-state index is 5.31. The lowest BCUT2D eigenvalue weighted by Crippen LogP contribution is -2.16. The number of hydrogen-bond donors (Lipinski definition) is 1. The fraction of sp³-hybridized carbons (Fsp3) is 0.700. The summed E-state index contributed by atoms with van der Waals surface area (Å²) in [6.45, 7) is 1.52. The summed E-state index contributed by atoms with van der Waals surface area (Å²) in [4.78, 5) is 4.53. The largest absolute Gasteiger partial charge is 0.380 e. The van der Waals surface area contributed by atoms with Gasteiger partial charge < -0.3 is 14.8 Å². The molecule has 2 atom stereocenters. The highest BCUT2D eigenvalue weighted by Crippen LogP contribution is 2.25. The normalized spacial score (nSPS) is 26.0. The van der Waals surface area contributed by atoms with E-state index in [1.54, 1.807) is 25.6 Å². The molecule has 1 aromatic rings. The molecule has 0 spiro atoms. The second kappa shape index (κ2) is 5.03. The Hall–Kier alpha value is -0.490. The number of thiazole rings is 1. The summed E-state index contributed by atoms with van der Waals surface area (Å²) in [7, 11) is 3.45. The van der Waals surface area contributed by atoms with Crippen molar-refractivity contribution < 1.29 is 9.47 Å². The molecule has 0 aliphatic carbocycles. The van der Waals surface area contributed by atoms with Crippen molar-refractivity contribution in [3.8, 4) is 0 Å². The molecule has 5 heteroatoms. The van der Waals surface area contributed by atoms with Gasteiger partial charge in [0, 0.05) is 26.1 Å². The highest BCUT2D eigenvalue weighted by atomic mass is 32.1. The molecule has 2 rings (SSSR count). The van der Waals surface area contributed by atoms with E-state index in [4.69, 9.17) is 9.47 Å². The first-order chi connectivity index (χ1) is 7.33. The van der Waals surface area contributed by atoms with Crippen LogP contribution in [0, 0.1) is 0 Å². The lowest BCUT2D eigenvalue weighted by molar-refractivity contribution is 0.117. The summed E-state index contributed by atoms with van der Waals surface area (Å²) in [5, 5.41) is 6.55. The maximum absolute atomic E-state index is 5.31. The third kappa shape index (κ3) is 2.55. The minimum Gasteiger partial charge on any atom is -0.380 e. The van der Waals surface area contributed by atoms with Gasteiger partial charge in [0.05, 0.1) is 24.4 Å². The van der Waals surface area contributed by atoms with Crippen molar-refractivity contribution >= 4 is 11.3 Å². The van der Waals surface area contributed by atoms with Crippen LogP contribution in [0.3, 0.4) is 0 Å². The molecule has 15 heavy (non-hydrogen) atoms. The Morgan fingerprint density at radius 3 is 3.13 bits per heavy atom. The van der Waals surface area contributed by atoms with E-state index in [2.05, 4.69) is 15.7 Å². The Labute approximate surface area is 93.6 Å². The summed E-state index contributed by atoms with van der Waals surface area (Å²) in [5.41, 5.74) is 1.12. The van der Waals surface area contributed by atoms with Gasteiger partial charge in [0.15, 0.2) is 0 Å². The van der Waals surface area contributed by atoms with E-state index in [1.807, 2.05) is 0 Å². The second-order valence-corrected chi connectivity index (χ2v) is 4.60. The molecule has 84 valence electrons. The van der Waals surface area contributed by atoms with Crippen LogP contribution in [-0.2, 0) is 16.1 Å². The fourth-order valence-electron chi connectivity index (χ4n) is 1.78. The van der Waals surface area contributed by atoms with E-state index in [0.29, 0.717) is 18.8 Å². The first-order valence-corrected chi connectivity index (χ1v) is 5.91. The molecule has 2 unspecified atom stereocenters. The summed E-state index contributed by atoms with van der Waals surface area (Å²) in [6.07, 6.45) is 1.33. The first kappa shape index (κ1) is 11.0. The molecule has 1 aliphatic rings. The zero-order chi connectivity index (χ0) is 10.7. The van der Waals surface area contributed by atoms with Gasteiger partial charge in [-0.25, -0.2) is 4.98 Å². The standard InChI is InChI=1S/C10H16N2O2S/c1-13-5-10-12-9(6-15-10)8-3-7(14-2)4-11-8/h6-8,11H,3-5H2,1-2H3. The molecule has 0 radical (unpaired) electrons. The minimum atomic E-state index is 0.322. The quantitative estimate of drug-likeness (QED) is 0.844. The Bertz CT molecular complexity index is 316. The van der Waals surface area contributed by atoms with Gasteiger partial charge in [0.1, 0.15) is 5.01 Å². The van der Waals surface area contributed by atoms with Gasteiger partial charge >= 0.3 is 0 Å². The van der Waals surface area contributed by atoms with Gasteiger partial charge in [-0.1, -0.05) is 0 Å². The third-order valence-electron chi connectivity index (χ3n) is 2.62. The number of ether oxygens (including phenoxy) is 2. The van der Waals surface area contributed by atoms with Crippen LogP contribution >= 0.6 is 11.3 Å². The minimum absolute atomic E-state index is 0.322. The van der Waals surface area contributed by atoms with E-state index in [0.717, 1.165) is 23.7 Å². The first-order valence-electron chi connectivity index (χ1n) is 5.03. The predicted molar refractivity (Wildman–Crippen MR) is 59.0 cm³/mol. The molecule has 1 aliphatic heterocycles. The van der Waals surface area contributed by atoms with E-state index in [9.17, 15) is 0 Å². The Kier molecular flexibility index (Phi) is 3.69. The fourth-order valence-corrected chi connectivity index (χ4v) is 2.60. The van der Waals surface area contributed by atoms with Crippen molar-refractivity contribution in [2.24, 2.45) is 0 Å². The van der Waals surface area contributed by atoms with Crippen LogP contribution in [-0.4, -0.2) is 31.9 Å². The van der Waals surface area contributed by atoms with Crippen LogP contribution in [0.15, 0.2) is 5.38 Å². The molecule has 1 saturated heterocycles. The van der Waals surface area contributed by atoms with E-state index < -0.39 is 0 Å². The number of nitrogens with zero attached hydrogens (tertiary/aromatic N) is 1. The van der Waals surface area contributed by atoms with Crippen LogP contribution in [0.1, 0.15) is 23.2 Å². The smallest absolute Gasteiger partial charge is 0.119 e. The zero-order valence-corrected chi connectivity index (χ0v) is 9.84. The number of nitrogens with one attached hydrogen (secondary N) is 1. The molecule has 1 N–H and O–H groups in total. The lowest BCUT2D eigenvalue weighted by atomic mass is 10.1. The SMILES string of the molecule is COCc1nc(C2CC(OC)CN2)cs1. The molecule has 0 saturated carbocycles. The Balaban J connectivity index is 1.97. The van der Waals surface area contributed by atoms with Gasteiger partial charge in [0.2, 0.25) is 0 Å². The third-order valence-corrected chi connectivity index (χ3v) is 3.46. The Morgan fingerprint density at radius 1 is 1.60 bits per heavy atom. The average molecular weight is 228 g/mol. The van der Waals surface area contributed by atoms with Crippen molar-refractivity contribution in [3.63, 3.8) is 0 Å². The summed E-state index contributed by atoms with van der Waals surface area (Å²) in [6, 6.07) is 0.344.